The first-order valence-electron chi connectivity index (χ1n) is 9.13. The van der Waals surface area contributed by atoms with Crippen LogP contribution in [0.15, 0.2) is 61.1 Å². The second-order valence-corrected chi connectivity index (χ2v) is 7.63. The maximum absolute atomic E-state index is 6.18. The Bertz CT molecular complexity index is 1070. The summed E-state index contributed by atoms with van der Waals surface area (Å²) in [5.41, 5.74) is 5.92. The maximum atomic E-state index is 6.18. The van der Waals surface area contributed by atoms with Crippen molar-refractivity contribution < 1.29 is 0 Å². The average molecular weight is 362 g/mol. The van der Waals surface area contributed by atoms with Crippen molar-refractivity contribution in [3.05, 3.63) is 77.3 Å². The maximum Gasteiger partial charge on any atom is 0.0954 e. The SMILES string of the molecule is Clc1cccc(Cc2ncn(CC3CC3)c2-c2c[nH]c3ccccc23)c1. The number of hydrogen-bond donors (Lipinski definition) is 1. The Hall–Kier alpha value is -2.52. The number of aromatic amines is 1. The van der Waals surface area contributed by atoms with Crippen molar-refractivity contribution >= 4 is 22.5 Å². The van der Waals surface area contributed by atoms with Crippen LogP contribution in [0.25, 0.3) is 22.2 Å². The number of rotatable bonds is 5. The van der Waals surface area contributed by atoms with Crippen LogP contribution in [-0.4, -0.2) is 14.5 Å². The average Bonchev–Trinajstić information content (AvgIpc) is 3.24. The molecule has 1 saturated carbocycles. The van der Waals surface area contributed by atoms with E-state index in [0.717, 1.165) is 35.1 Å². The van der Waals surface area contributed by atoms with Crippen LogP contribution in [0.4, 0.5) is 0 Å². The highest BCUT2D eigenvalue weighted by atomic mass is 35.5. The summed E-state index contributed by atoms with van der Waals surface area (Å²) in [5, 5.41) is 2.02. The number of fused-ring (bicyclic) bond motifs is 1. The van der Waals surface area contributed by atoms with Gasteiger partial charge in [-0.15, -0.1) is 0 Å². The van der Waals surface area contributed by atoms with Gasteiger partial charge in [-0.1, -0.05) is 41.9 Å². The highest BCUT2D eigenvalue weighted by Crippen LogP contribution is 2.36. The normalized spacial score (nSPS) is 14.2. The second kappa shape index (κ2) is 6.33. The number of hydrogen-bond acceptors (Lipinski definition) is 1. The minimum Gasteiger partial charge on any atom is -0.360 e. The Morgan fingerprint density at radius 3 is 2.85 bits per heavy atom. The van der Waals surface area contributed by atoms with Gasteiger partial charge in [-0.2, -0.15) is 0 Å². The first-order valence-corrected chi connectivity index (χ1v) is 9.50. The lowest BCUT2D eigenvalue weighted by molar-refractivity contribution is 0.631. The fraction of sp³-hybridized carbons (Fsp3) is 0.227. The Labute approximate surface area is 157 Å². The molecular weight excluding hydrogens is 342 g/mol. The third-order valence-electron chi connectivity index (χ3n) is 5.17. The van der Waals surface area contributed by atoms with Gasteiger partial charge in [0.25, 0.3) is 0 Å². The molecule has 5 rings (SSSR count). The van der Waals surface area contributed by atoms with Crippen molar-refractivity contribution in [2.24, 2.45) is 5.92 Å². The molecule has 2 aromatic carbocycles. The molecule has 130 valence electrons. The number of nitrogens with zero attached hydrogens (tertiary/aromatic N) is 2. The van der Waals surface area contributed by atoms with E-state index in [4.69, 9.17) is 16.6 Å². The molecule has 4 aromatic rings. The van der Waals surface area contributed by atoms with E-state index in [1.165, 1.54) is 35.0 Å². The molecule has 2 aromatic heterocycles. The smallest absolute Gasteiger partial charge is 0.0954 e. The molecule has 3 nitrogen and oxygen atoms in total. The van der Waals surface area contributed by atoms with Gasteiger partial charge < -0.3 is 9.55 Å². The van der Waals surface area contributed by atoms with Crippen molar-refractivity contribution in [2.75, 3.05) is 0 Å². The highest BCUT2D eigenvalue weighted by Gasteiger charge is 2.25. The molecule has 0 radical (unpaired) electrons. The van der Waals surface area contributed by atoms with Gasteiger partial charge in [-0.05, 0) is 42.5 Å². The minimum atomic E-state index is 0.772. The standard InChI is InChI=1S/C22H20ClN3/c23-17-5-3-4-16(10-17)11-21-22(26(14-25-21)13-15-8-9-15)19-12-24-20-7-2-1-6-18(19)20/h1-7,10,12,14-15,24H,8-9,11,13H2. The van der Waals surface area contributed by atoms with Gasteiger partial charge in [-0.25, -0.2) is 4.98 Å². The molecule has 26 heavy (non-hydrogen) atoms. The van der Waals surface area contributed by atoms with Crippen LogP contribution in [0.1, 0.15) is 24.1 Å². The Kier molecular flexibility index (Phi) is 3.83. The summed E-state index contributed by atoms with van der Waals surface area (Å²) in [6.45, 7) is 1.05. The molecule has 0 unspecified atom stereocenters. The molecule has 4 heteroatoms. The third kappa shape index (κ3) is 2.93. The summed E-state index contributed by atoms with van der Waals surface area (Å²) in [7, 11) is 0. The van der Waals surface area contributed by atoms with E-state index in [1.54, 1.807) is 0 Å². The van der Waals surface area contributed by atoms with Gasteiger partial charge in [0.05, 0.1) is 17.7 Å². The summed E-state index contributed by atoms with van der Waals surface area (Å²) in [6.07, 6.45) is 7.57. The number of aromatic nitrogens is 3. The minimum absolute atomic E-state index is 0.772. The van der Waals surface area contributed by atoms with Gasteiger partial charge in [0, 0.05) is 40.7 Å². The molecule has 0 saturated heterocycles. The van der Waals surface area contributed by atoms with E-state index in [2.05, 4.69) is 46.1 Å². The topological polar surface area (TPSA) is 33.6 Å². The fourth-order valence-electron chi connectivity index (χ4n) is 3.69. The van der Waals surface area contributed by atoms with E-state index in [9.17, 15) is 0 Å². The molecule has 0 atom stereocenters. The van der Waals surface area contributed by atoms with E-state index in [-0.39, 0.29) is 0 Å². The molecular formula is C22H20ClN3. The Balaban J connectivity index is 1.62. The molecule has 0 spiro atoms. The van der Waals surface area contributed by atoms with E-state index < -0.39 is 0 Å². The molecule has 1 aliphatic carbocycles. The summed E-state index contributed by atoms with van der Waals surface area (Å²) in [6, 6.07) is 16.5. The van der Waals surface area contributed by atoms with Crippen LogP contribution in [0.5, 0.6) is 0 Å². The van der Waals surface area contributed by atoms with Crippen molar-refractivity contribution in [2.45, 2.75) is 25.8 Å². The summed E-state index contributed by atoms with van der Waals surface area (Å²) in [5.74, 6) is 0.798. The molecule has 0 bridgehead atoms. The molecule has 1 aliphatic rings. The number of nitrogens with one attached hydrogen (secondary N) is 1. The first kappa shape index (κ1) is 15.7. The number of imidazole rings is 1. The zero-order valence-corrected chi connectivity index (χ0v) is 15.2. The summed E-state index contributed by atoms with van der Waals surface area (Å²) in [4.78, 5) is 8.20. The number of para-hydroxylation sites is 1. The molecule has 0 aliphatic heterocycles. The quantitative estimate of drug-likeness (QED) is 0.487. The first-order chi connectivity index (χ1) is 12.8. The van der Waals surface area contributed by atoms with Gasteiger partial charge in [0.1, 0.15) is 0 Å². The summed E-state index contributed by atoms with van der Waals surface area (Å²) < 4.78 is 2.34. The number of halogens is 1. The van der Waals surface area contributed by atoms with Crippen LogP contribution in [0, 0.1) is 5.92 Å². The fourth-order valence-corrected chi connectivity index (χ4v) is 3.90. The largest absolute Gasteiger partial charge is 0.360 e. The zero-order chi connectivity index (χ0) is 17.5. The Morgan fingerprint density at radius 2 is 2.00 bits per heavy atom. The van der Waals surface area contributed by atoms with Crippen molar-refractivity contribution in [1.29, 1.82) is 0 Å². The lowest BCUT2D eigenvalue weighted by Crippen LogP contribution is -2.02. The molecule has 1 N–H and O–H groups in total. The van der Waals surface area contributed by atoms with Gasteiger partial charge in [-0.3, -0.25) is 0 Å². The molecule has 1 fully saturated rings. The van der Waals surface area contributed by atoms with Gasteiger partial charge in [0.2, 0.25) is 0 Å². The van der Waals surface area contributed by atoms with Crippen LogP contribution in [-0.2, 0) is 13.0 Å². The van der Waals surface area contributed by atoms with Crippen LogP contribution in [0.3, 0.4) is 0 Å². The van der Waals surface area contributed by atoms with Gasteiger partial charge in [0.15, 0.2) is 0 Å². The lowest BCUT2D eigenvalue weighted by atomic mass is 10.0. The predicted molar refractivity (Wildman–Crippen MR) is 107 cm³/mol. The molecule has 2 heterocycles. The summed E-state index contributed by atoms with van der Waals surface area (Å²) >= 11 is 6.18. The van der Waals surface area contributed by atoms with E-state index in [0.29, 0.717) is 0 Å². The third-order valence-corrected chi connectivity index (χ3v) is 5.41. The second-order valence-electron chi connectivity index (χ2n) is 7.19. The number of benzene rings is 2. The van der Waals surface area contributed by atoms with E-state index >= 15 is 0 Å². The van der Waals surface area contributed by atoms with Crippen LogP contribution < -0.4 is 0 Å². The zero-order valence-electron chi connectivity index (χ0n) is 14.5. The van der Waals surface area contributed by atoms with E-state index in [1.807, 2.05) is 24.5 Å². The lowest BCUT2D eigenvalue weighted by Gasteiger charge is -2.10. The Morgan fingerprint density at radius 1 is 1.12 bits per heavy atom. The van der Waals surface area contributed by atoms with Crippen molar-refractivity contribution in [3.63, 3.8) is 0 Å². The highest BCUT2D eigenvalue weighted by molar-refractivity contribution is 6.30. The van der Waals surface area contributed by atoms with Crippen molar-refractivity contribution in [3.8, 4) is 11.3 Å². The monoisotopic (exact) mass is 361 g/mol. The van der Waals surface area contributed by atoms with Gasteiger partial charge >= 0.3 is 0 Å². The number of H-pyrrole nitrogens is 1. The van der Waals surface area contributed by atoms with Crippen molar-refractivity contribution in [1.82, 2.24) is 14.5 Å². The van der Waals surface area contributed by atoms with Crippen LogP contribution in [0.2, 0.25) is 5.02 Å². The predicted octanol–water partition coefficient (Wildman–Crippen LogP) is 5.69. The van der Waals surface area contributed by atoms with Crippen LogP contribution >= 0.6 is 11.6 Å². The molecule has 0 amide bonds.